The lowest BCUT2D eigenvalue weighted by Crippen LogP contribution is -2.41. The molecule has 0 radical (unpaired) electrons. The van der Waals surface area contributed by atoms with Crippen LogP contribution in [-0.2, 0) is 11.2 Å². The molecule has 3 N–H and O–H groups in total. The summed E-state index contributed by atoms with van der Waals surface area (Å²) in [6.45, 7) is 5.06. The molecule has 2 rings (SSSR count). The third kappa shape index (κ3) is 6.30. The molecule has 1 heterocycles. The van der Waals surface area contributed by atoms with Crippen LogP contribution in [0.5, 0.6) is 0 Å². The monoisotopic (exact) mass is 378 g/mol. The Morgan fingerprint density at radius 1 is 1.26 bits per heavy atom. The molecule has 1 aromatic heterocycles. The number of carbonyl (C=O) groups excluding carboxylic acids is 1. The fourth-order valence-corrected chi connectivity index (χ4v) is 2.57. The maximum absolute atomic E-state index is 13.5. The number of amides is 1. The van der Waals surface area contributed by atoms with Crippen molar-refractivity contribution in [3.8, 4) is 0 Å². The van der Waals surface area contributed by atoms with Crippen LogP contribution in [0.4, 0.5) is 13.6 Å². The number of hydrogen-bond donors (Lipinski definition) is 3. The zero-order valence-corrected chi connectivity index (χ0v) is 15.2. The van der Waals surface area contributed by atoms with Crippen LogP contribution in [0.25, 0.3) is 0 Å². The molecule has 0 aliphatic heterocycles. The first-order chi connectivity index (χ1) is 12.5. The summed E-state index contributed by atoms with van der Waals surface area (Å²) < 4.78 is 32.3. The van der Waals surface area contributed by atoms with Gasteiger partial charge in [-0.15, -0.1) is 0 Å². The van der Waals surface area contributed by atoms with E-state index in [1.54, 1.807) is 20.8 Å². The van der Waals surface area contributed by atoms with Crippen LogP contribution in [0.3, 0.4) is 0 Å². The minimum atomic E-state index is -1.83. The average molecular weight is 378 g/mol. The van der Waals surface area contributed by atoms with Crippen molar-refractivity contribution in [3.63, 3.8) is 0 Å². The molecule has 1 aromatic carbocycles. The van der Waals surface area contributed by atoms with Gasteiger partial charge in [0.25, 0.3) is 0 Å². The zero-order valence-electron chi connectivity index (χ0n) is 15.2. The highest BCUT2D eigenvalue weighted by Gasteiger charge is 2.27. The number of nitrogens with one attached hydrogen (secondary N) is 1. The Balaban J connectivity index is 2.38. The highest BCUT2D eigenvalue weighted by atomic mass is 19.1. The molecule has 0 aliphatic carbocycles. The standard InChI is InChI=1S/C18H21BF2N2O4/c1-18(2,3)27-17(24)23-15(9-11-7-12(20)10-13(21)8-11)16-14(19(25)26)5-4-6-22-16/h4-8,10,15,25-26H,9H2,1-3H3,(H,23,24). The second-order valence-corrected chi connectivity index (χ2v) is 7.03. The van der Waals surface area contributed by atoms with Gasteiger partial charge in [-0.2, -0.15) is 0 Å². The molecule has 0 fully saturated rings. The van der Waals surface area contributed by atoms with Gasteiger partial charge in [-0.25, -0.2) is 13.6 Å². The second-order valence-electron chi connectivity index (χ2n) is 7.03. The summed E-state index contributed by atoms with van der Waals surface area (Å²) in [5.74, 6) is -1.52. The topological polar surface area (TPSA) is 91.7 Å². The summed E-state index contributed by atoms with van der Waals surface area (Å²) >= 11 is 0. The van der Waals surface area contributed by atoms with E-state index in [1.807, 2.05) is 0 Å². The van der Waals surface area contributed by atoms with Gasteiger partial charge in [-0.1, -0.05) is 6.07 Å². The van der Waals surface area contributed by atoms with E-state index in [9.17, 15) is 23.6 Å². The number of ether oxygens (including phenoxy) is 1. The molecule has 1 unspecified atom stereocenters. The smallest absolute Gasteiger partial charge is 0.444 e. The van der Waals surface area contributed by atoms with E-state index in [0.717, 1.165) is 18.2 Å². The number of nitrogens with zero attached hydrogens (tertiary/aromatic N) is 1. The van der Waals surface area contributed by atoms with Crippen molar-refractivity contribution >= 4 is 18.7 Å². The van der Waals surface area contributed by atoms with Crippen molar-refractivity contribution in [1.29, 1.82) is 0 Å². The van der Waals surface area contributed by atoms with Crippen LogP contribution in [0.1, 0.15) is 38.1 Å². The van der Waals surface area contributed by atoms with Gasteiger partial charge >= 0.3 is 13.2 Å². The molecule has 9 heteroatoms. The molecular formula is C18H21BF2N2O4. The lowest BCUT2D eigenvalue weighted by Gasteiger charge is -2.24. The van der Waals surface area contributed by atoms with E-state index in [4.69, 9.17) is 4.74 Å². The van der Waals surface area contributed by atoms with E-state index in [-0.39, 0.29) is 23.1 Å². The maximum Gasteiger partial charge on any atom is 0.490 e. The van der Waals surface area contributed by atoms with Gasteiger partial charge in [0.1, 0.15) is 17.2 Å². The molecule has 0 saturated carbocycles. The van der Waals surface area contributed by atoms with E-state index >= 15 is 0 Å². The third-order valence-corrected chi connectivity index (χ3v) is 3.53. The van der Waals surface area contributed by atoms with Crippen LogP contribution in [-0.4, -0.2) is 33.8 Å². The Bertz CT molecular complexity index is 792. The molecule has 0 spiro atoms. The molecule has 2 aromatic rings. The normalized spacial score (nSPS) is 12.4. The van der Waals surface area contributed by atoms with Gasteiger partial charge in [-0.05, 0) is 51.0 Å². The lowest BCUT2D eigenvalue weighted by molar-refractivity contribution is 0.0502. The summed E-state index contributed by atoms with van der Waals surface area (Å²) in [5.41, 5.74) is -0.278. The molecule has 1 amide bonds. The largest absolute Gasteiger partial charge is 0.490 e. The number of benzene rings is 1. The van der Waals surface area contributed by atoms with Gasteiger partial charge < -0.3 is 20.1 Å². The van der Waals surface area contributed by atoms with Crippen molar-refractivity contribution in [2.24, 2.45) is 0 Å². The van der Waals surface area contributed by atoms with Gasteiger partial charge in [0, 0.05) is 17.7 Å². The fraction of sp³-hybridized carbons (Fsp3) is 0.333. The van der Waals surface area contributed by atoms with Crippen LogP contribution in [0.15, 0.2) is 36.5 Å². The minimum Gasteiger partial charge on any atom is -0.444 e. The Labute approximate surface area is 156 Å². The van der Waals surface area contributed by atoms with Gasteiger partial charge in [0.15, 0.2) is 0 Å². The molecule has 144 valence electrons. The number of carbonyl (C=O) groups is 1. The van der Waals surface area contributed by atoms with E-state index < -0.39 is 36.5 Å². The number of pyridine rings is 1. The Morgan fingerprint density at radius 2 is 1.89 bits per heavy atom. The van der Waals surface area contributed by atoms with Crippen LogP contribution < -0.4 is 10.8 Å². The predicted octanol–water partition coefficient (Wildman–Crippen LogP) is 1.85. The van der Waals surface area contributed by atoms with Crippen molar-refractivity contribution in [3.05, 3.63) is 59.4 Å². The third-order valence-electron chi connectivity index (χ3n) is 3.53. The van der Waals surface area contributed by atoms with Crippen molar-refractivity contribution in [2.45, 2.75) is 38.8 Å². The first-order valence-electron chi connectivity index (χ1n) is 8.30. The molecule has 6 nitrogen and oxygen atoms in total. The molecule has 1 atom stereocenters. The summed E-state index contributed by atoms with van der Waals surface area (Å²) in [5, 5.41) is 21.7. The zero-order chi connectivity index (χ0) is 20.2. The number of rotatable bonds is 5. The first kappa shape index (κ1) is 20.8. The highest BCUT2D eigenvalue weighted by Crippen LogP contribution is 2.19. The number of alkyl carbamates (subject to hydrolysis) is 1. The van der Waals surface area contributed by atoms with Gasteiger partial charge in [0.05, 0.1) is 11.7 Å². The average Bonchev–Trinajstić information content (AvgIpc) is 2.51. The minimum absolute atomic E-state index is 0.0370. The summed E-state index contributed by atoms with van der Waals surface area (Å²) in [4.78, 5) is 16.3. The summed E-state index contributed by atoms with van der Waals surface area (Å²) in [6.07, 6.45) is 0.607. The summed E-state index contributed by atoms with van der Waals surface area (Å²) in [7, 11) is -1.83. The van der Waals surface area contributed by atoms with E-state index in [0.29, 0.717) is 0 Å². The molecule has 0 saturated heterocycles. The second kappa shape index (κ2) is 8.45. The van der Waals surface area contributed by atoms with Crippen molar-refractivity contribution < 1.29 is 28.4 Å². The quantitative estimate of drug-likeness (QED) is 0.691. The Hall–Kier alpha value is -2.52. The number of halogens is 2. The van der Waals surface area contributed by atoms with Gasteiger partial charge in [0.2, 0.25) is 0 Å². The fourth-order valence-electron chi connectivity index (χ4n) is 2.57. The van der Waals surface area contributed by atoms with Crippen LogP contribution in [0, 0.1) is 11.6 Å². The molecule has 0 aliphatic rings. The van der Waals surface area contributed by atoms with Crippen molar-refractivity contribution in [2.75, 3.05) is 0 Å². The predicted molar refractivity (Wildman–Crippen MR) is 96.2 cm³/mol. The summed E-state index contributed by atoms with van der Waals surface area (Å²) in [6, 6.07) is 5.03. The molecule has 0 bridgehead atoms. The van der Waals surface area contributed by atoms with Gasteiger partial charge in [-0.3, -0.25) is 4.98 Å². The maximum atomic E-state index is 13.5. The van der Waals surface area contributed by atoms with Crippen molar-refractivity contribution in [1.82, 2.24) is 10.3 Å². The number of aromatic nitrogens is 1. The van der Waals surface area contributed by atoms with E-state index in [1.165, 1.54) is 18.3 Å². The number of hydrogen-bond acceptors (Lipinski definition) is 5. The lowest BCUT2D eigenvalue weighted by atomic mass is 9.77. The Kier molecular flexibility index (Phi) is 6.51. The molecule has 27 heavy (non-hydrogen) atoms. The SMILES string of the molecule is CC(C)(C)OC(=O)NC(Cc1cc(F)cc(F)c1)c1ncccc1B(O)O. The van der Waals surface area contributed by atoms with E-state index in [2.05, 4.69) is 10.3 Å². The van der Waals surface area contributed by atoms with Crippen LogP contribution in [0.2, 0.25) is 0 Å². The highest BCUT2D eigenvalue weighted by molar-refractivity contribution is 6.59. The first-order valence-corrected chi connectivity index (χ1v) is 8.30. The Morgan fingerprint density at radius 3 is 2.44 bits per heavy atom. The molecular weight excluding hydrogens is 357 g/mol. The van der Waals surface area contributed by atoms with Crippen LogP contribution >= 0.6 is 0 Å².